The van der Waals surface area contributed by atoms with Crippen LogP contribution in [0.25, 0.3) is 0 Å². The molecule has 0 aliphatic heterocycles. The minimum atomic E-state index is -4.49. The lowest BCUT2D eigenvalue weighted by Gasteiger charge is -2.17. The number of rotatable bonds is 3. The SMILES string of the molecule is CCCn1c(C)c(C(C)(C)C)s/c1=N\C(=O)c1cccc(C(F)(F)F)c1. The van der Waals surface area contributed by atoms with Crippen molar-refractivity contribution in [1.82, 2.24) is 4.57 Å². The van der Waals surface area contributed by atoms with Crippen LogP contribution in [0, 0.1) is 6.92 Å². The maximum absolute atomic E-state index is 12.9. The van der Waals surface area contributed by atoms with Crippen LogP contribution >= 0.6 is 11.3 Å². The minimum absolute atomic E-state index is 0.0637. The standard InChI is InChI=1S/C19H23F3N2OS/c1-6-10-24-12(2)15(18(3,4)5)26-17(24)23-16(25)13-8-7-9-14(11-13)19(20,21)22/h7-9,11H,6,10H2,1-5H3/b23-17-. The largest absolute Gasteiger partial charge is 0.416 e. The van der Waals surface area contributed by atoms with E-state index < -0.39 is 17.6 Å². The molecule has 2 aromatic rings. The van der Waals surface area contributed by atoms with Crippen LogP contribution in [0.3, 0.4) is 0 Å². The Bertz CT molecular complexity index is 870. The third-order valence-electron chi connectivity index (χ3n) is 3.92. The average Bonchev–Trinajstić information content (AvgIpc) is 2.84. The van der Waals surface area contributed by atoms with Gasteiger partial charge >= 0.3 is 6.18 Å². The van der Waals surface area contributed by atoms with Crippen LogP contribution in [-0.2, 0) is 18.1 Å². The van der Waals surface area contributed by atoms with E-state index in [1.54, 1.807) is 0 Å². The molecule has 0 aliphatic carbocycles. The maximum Gasteiger partial charge on any atom is 0.416 e. The molecule has 1 amide bonds. The summed E-state index contributed by atoms with van der Waals surface area (Å²) >= 11 is 1.42. The fraction of sp³-hybridized carbons (Fsp3) is 0.474. The molecule has 0 spiro atoms. The zero-order valence-corrected chi connectivity index (χ0v) is 16.4. The van der Waals surface area contributed by atoms with Crippen LogP contribution in [0.1, 0.15) is 60.6 Å². The molecule has 0 saturated heterocycles. The van der Waals surface area contributed by atoms with Gasteiger partial charge < -0.3 is 4.57 Å². The molecule has 1 heterocycles. The van der Waals surface area contributed by atoms with E-state index in [2.05, 4.69) is 25.8 Å². The lowest BCUT2D eigenvalue weighted by Crippen LogP contribution is -2.18. The van der Waals surface area contributed by atoms with E-state index in [9.17, 15) is 18.0 Å². The molecule has 0 unspecified atom stereocenters. The number of hydrogen-bond acceptors (Lipinski definition) is 2. The van der Waals surface area contributed by atoms with Crippen LogP contribution < -0.4 is 4.80 Å². The van der Waals surface area contributed by atoms with Crippen molar-refractivity contribution < 1.29 is 18.0 Å². The van der Waals surface area contributed by atoms with Crippen LogP contribution in [0.4, 0.5) is 13.2 Å². The topological polar surface area (TPSA) is 34.4 Å². The molecule has 0 radical (unpaired) electrons. The van der Waals surface area contributed by atoms with Gasteiger partial charge in [-0.05, 0) is 37.0 Å². The quantitative estimate of drug-likeness (QED) is 0.705. The summed E-state index contributed by atoms with van der Waals surface area (Å²) < 4.78 is 40.6. The van der Waals surface area contributed by atoms with Crippen molar-refractivity contribution in [2.45, 2.75) is 59.2 Å². The van der Waals surface area contributed by atoms with Gasteiger partial charge in [0, 0.05) is 22.7 Å². The van der Waals surface area contributed by atoms with Crippen molar-refractivity contribution in [2.24, 2.45) is 4.99 Å². The number of nitrogens with zero attached hydrogens (tertiary/aromatic N) is 2. The molecule has 0 aliphatic rings. The van der Waals surface area contributed by atoms with Gasteiger partial charge in [0.05, 0.1) is 5.56 Å². The summed E-state index contributed by atoms with van der Waals surface area (Å²) in [5.74, 6) is -0.664. The van der Waals surface area contributed by atoms with Gasteiger partial charge in [0.2, 0.25) is 0 Å². The van der Waals surface area contributed by atoms with Crippen molar-refractivity contribution in [1.29, 1.82) is 0 Å². The Hall–Kier alpha value is -1.89. The second kappa shape index (κ2) is 7.39. The van der Waals surface area contributed by atoms with E-state index in [4.69, 9.17) is 0 Å². The molecule has 3 nitrogen and oxygen atoms in total. The minimum Gasteiger partial charge on any atom is -0.321 e. The Labute approximate surface area is 155 Å². The van der Waals surface area contributed by atoms with Crippen LogP contribution in [0.2, 0.25) is 0 Å². The summed E-state index contributed by atoms with van der Waals surface area (Å²) in [7, 11) is 0. The molecule has 7 heteroatoms. The molecule has 142 valence electrons. The predicted octanol–water partition coefficient (Wildman–Crippen LogP) is 5.33. The predicted molar refractivity (Wildman–Crippen MR) is 97.4 cm³/mol. The molecule has 2 rings (SSSR count). The number of aromatic nitrogens is 1. The molecule has 1 aromatic carbocycles. The van der Waals surface area contributed by atoms with E-state index in [-0.39, 0.29) is 11.0 Å². The molecule has 0 saturated carbocycles. The summed E-state index contributed by atoms with van der Waals surface area (Å²) in [4.78, 5) is 18.3. The number of carbonyl (C=O) groups excluding carboxylic acids is 1. The Balaban J connectivity index is 2.54. The Morgan fingerprint density at radius 2 is 1.88 bits per heavy atom. The highest BCUT2D eigenvalue weighted by molar-refractivity contribution is 7.09. The normalized spacial score (nSPS) is 13.3. The Kier molecular flexibility index (Phi) is 5.80. The molecular weight excluding hydrogens is 361 g/mol. The molecular formula is C19H23F3N2OS. The van der Waals surface area contributed by atoms with E-state index in [0.29, 0.717) is 11.3 Å². The van der Waals surface area contributed by atoms with Crippen LogP contribution in [0.5, 0.6) is 0 Å². The van der Waals surface area contributed by atoms with E-state index in [1.165, 1.54) is 23.5 Å². The number of thiazole rings is 1. The van der Waals surface area contributed by atoms with Crippen LogP contribution in [0.15, 0.2) is 29.3 Å². The van der Waals surface area contributed by atoms with Crippen LogP contribution in [-0.4, -0.2) is 10.5 Å². The van der Waals surface area contributed by atoms with Gasteiger partial charge in [-0.3, -0.25) is 4.79 Å². The smallest absolute Gasteiger partial charge is 0.321 e. The fourth-order valence-electron chi connectivity index (χ4n) is 2.73. The van der Waals surface area contributed by atoms with E-state index in [0.717, 1.165) is 29.1 Å². The van der Waals surface area contributed by atoms with Gasteiger partial charge in [0.25, 0.3) is 5.91 Å². The number of alkyl halides is 3. The monoisotopic (exact) mass is 384 g/mol. The lowest BCUT2D eigenvalue weighted by molar-refractivity contribution is -0.137. The summed E-state index contributed by atoms with van der Waals surface area (Å²) in [5, 5.41) is 0. The van der Waals surface area contributed by atoms with E-state index in [1.807, 2.05) is 18.4 Å². The van der Waals surface area contributed by atoms with Gasteiger partial charge in [0.1, 0.15) is 0 Å². The first-order valence-electron chi connectivity index (χ1n) is 8.42. The van der Waals surface area contributed by atoms with Gasteiger partial charge in [-0.15, -0.1) is 11.3 Å². The maximum atomic E-state index is 12.9. The zero-order chi connectivity index (χ0) is 19.7. The summed E-state index contributed by atoms with van der Waals surface area (Å²) in [6, 6.07) is 4.38. The van der Waals surface area contributed by atoms with Crippen molar-refractivity contribution >= 4 is 17.2 Å². The number of amides is 1. The second-order valence-electron chi connectivity index (χ2n) is 7.20. The number of halogens is 3. The van der Waals surface area contributed by atoms with Gasteiger partial charge in [-0.2, -0.15) is 18.2 Å². The van der Waals surface area contributed by atoms with Crippen molar-refractivity contribution in [2.75, 3.05) is 0 Å². The molecule has 0 N–H and O–H groups in total. The number of carbonyl (C=O) groups is 1. The first kappa shape index (κ1) is 20.4. The number of hydrogen-bond donors (Lipinski definition) is 0. The van der Waals surface area contributed by atoms with Gasteiger partial charge in [-0.25, -0.2) is 0 Å². The highest BCUT2D eigenvalue weighted by atomic mass is 32.1. The van der Waals surface area contributed by atoms with Crippen molar-refractivity contribution in [3.63, 3.8) is 0 Å². The van der Waals surface area contributed by atoms with Crippen molar-refractivity contribution in [3.8, 4) is 0 Å². The summed E-state index contributed by atoms with van der Waals surface area (Å²) in [6.07, 6.45) is -3.62. The third kappa shape index (κ3) is 4.44. The summed E-state index contributed by atoms with van der Waals surface area (Å²) in [6.45, 7) is 11.0. The van der Waals surface area contributed by atoms with Gasteiger partial charge in [0.15, 0.2) is 4.80 Å². The first-order valence-corrected chi connectivity index (χ1v) is 9.23. The first-order chi connectivity index (χ1) is 11.9. The summed E-state index contributed by atoms with van der Waals surface area (Å²) in [5.41, 5.74) is 0.0287. The lowest BCUT2D eigenvalue weighted by atomic mass is 9.93. The van der Waals surface area contributed by atoms with Crippen molar-refractivity contribution in [3.05, 3.63) is 50.8 Å². The second-order valence-corrected chi connectivity index (χ2v) is 8.17. The van der Waals surface area contributed by atoms with E-state index >= 15 is 0 Å². The molecule has 1 aromatic heterocycles. The third-order valence-corrected chi connectivity index (χ3v) is 5.53. The number of benzene rings is 1. The zero-order valence-electron chi connectivity index (χ0n) is 15.6. The average molecular weight is 384 g/mol. The highest BCUT2D eigenvalue weighted by Crippen LogP contribution is 2.30. The fourth-order valence-corrected chi connectivity index (χ4v) is 3.95. The molecule has 0 bridgehead atoms. The Morgan fingerprint density at radius 3 is 2.42 bits per heavy atom. The highest BCUT2D eigenvalue weighted by Gasteiger charge is 2.31. The molecule has 0 fully saturated rings. The molecule has 0 atom stereocenters. The Morgan fingerprint density at radius 1 is 1.23 bits per heavy atom. The van der Waals surface area contributed by atoms with Gasteiger partial charge in [-0.1, -0.05) is 33.8 Å². The molecule has 26 heavy (non-hydrogen) atoms.